The monoisotopic (exact) mass is 357 g/mol. The molecule has 0 unspecified atom stereocenters. The second kappa shape index (κ2) is 6.03. The van der Waals surface area contributed by atoms with Crippen LogP contribution in [0.4, 0.5) is 4.39 Å². The number of hydrogen-bond donors (Lipinski definition) is 0. The minimum Gasteiger partial charge on any atom is -0.327 e. The molecule has 8 heteroatoms. The Morgan fingerprint density at radius 2 is 2.00 bits per heavy atom. The van der Waals surface area contributed by atoms with Crippen LogP contribution < -0.4 is 0 Å². The molecule has 0 saturated heterocycles. The van der Waals surface area contributed by atoms with Gasteiger partial charge in [0.1, 0.15) is 5.82 Å². The molecule has 1 aromatic carbocycles. The lowest BCUT2D eigenvalue weighted by Gasteiger charge is -2.33. The maximum absolute atomic E-state index is 13.1. The molecule has 0 aliphatic carbocycles. The van der Waals surface area contributed by atoms with Gasteiger partial charge in [0.15, 0.2) is 16.7 Å². The highest BCUT2D eigenvalue weighted by Gasteiger charge is 2.32. The van der Waals surface area contributed by atoms with Crippen molar-refractivity contribution in [3.63, 3.8) is 0 Å². The van der Waals surface area contributed by atoms with Crippen LogP contribution in [-0.2, 0) is 6.54 Å². The Balaban J connectivity index is 1.63. The highest BCUT2D eigenvalue weighted by Crippen LogP contribution is 2.30. The molecule has 0 N–H and O–H groups in total. The predicted molar refractivity (Wildman–Crippen MR) is 91.7 cm³/mol. The number of aryl methyl sites for hydroxylation is 1. The number of rotatable bonds is 2. The number of carbonyl (C=O) groups is 1. The zero-order valence-corrected chi connectivity index (χ0v) is 14.6. The molecule has 4 rings (SSSR count). The van der Waals surface area contributed by atoms with E-state index >= 15 is 0 Å². The van der Waals surface area contributed by atoms with Crippen LogP contribution in [-0.4, -0.2) is 37.1 Å². The standard InChI is InChI=1S/C17H16FN5OS/c1-10-9-25-16(19-10)15-21-20-14-11(2)22(7-8-23(14)15)17(24)12-3-5-13(18)6-4-12/h3-6,9,11H,7-8H2,1-2H3/t11-/m1/s1. The first-order valence-electron chi connectivity index (χ1n) is 7.96. The minimum atomic E-state index is -0.355. The topological polar surface area (TPSA) is 63.9 Å². The summed E-state index contributed by atoms with van der Waals surface area (Å²) in [7, 11) is 0. The minimum absolute atomic E-state index is 0.131. The summed E-state index contributed by atoms with van der Waals surface area (Å²) in [5.41, 5.74) is 1.42. The fourth-order valence-electron chi connectivity index (χ4n) is 3.04. The summed E-state index contributed by atoms with van der Waals surface area (Å²) in [4.78, 5) is 19.0. The van der Waals surface area contributed by atoms with E-state index in [1.165, 1.54) is 35.6 Å². The van der Waals surface area contributed by atoms with Crippen molar-refractivity contribution in [2.75, 3.05) is 6.54 Å². The van der Waals surface area contributed by atoms with E-state index in [4.69, 9.17) is 0 Å². The largest absolute Gasteiger partial charge is 0.327 e. The third-order valence-corrected chi connectivity index (χ3v) is 5.30. The summed E-state index contributed by atoms with van der Waals surface area (Å²) < 4.78 is 15.1. The van der Waals surface area contributed by atoms with Crippen molar-refractivity contribution in [3.05, 3.63) is 52.5 Å². The lowest BCUT2D eigenvalue weighted by Crippen LogP contribution is -2.41. The maximum Gasteiger partial charge on any atom is 0.254 e. The fourth-order valence-corrected chi connectivity index (χ4v) is 3.82. The maximum atomic E-state index is 13.1. The number of nitrogens with zero attached hydrogens (tertiary/aromatic N) is 5. The van der Waals surface area contributed by atoms with Crippen molar-refractivity contribution in [1.29, 1.82) is 0 Å². The van der Waals surface area contributed by atoms with E-state index in [0.717, 1.165) is 22.4 Å². The molecule has 0 spiro atoms. The summed E-state index contributed by atoms with van der Waals surface area (Å²) in [6.45, 7) is 5.02. The van der Waals surface area contributed by atoms with Crippen molar-refractivity contribution in [1.82, 2.24) is 24.6 Å². The van der Waals surface area contributed by atoms with E-state index in [1.54, 1.807) is 4.90 Å². The van der Waals surface area contributed by atoms with Gasteiger partial charge in [0.25, 0.3) is 5.91 Å². The van der Waals surface area contributed by atoms with Crippen molar-refractivity contribution in [2.24, 2.45) is 0 Å². The second-order valence-corrected chi connectivity index (χ2v) is 6.87. The number of fused-ring (bicyclic) bond motifs is 1. The molecule has 1 atom stereocenters. The number of thiazole rings is 1. The molecule has 6 nitrogen and oxygen atoms in total. The highest BCUT2D eigenvalue weighted by molar-refractivity contribution is 7.13. The van der Waals surface area contributed by atoms with E-state index in [2.05, 4.69) is 15.2 Å². The molecule has 0 saturated carbocycles. The molecule has 0 bridgehead atoms. The summed E-state index contributed by atoms with van der Waals surface area (Å²) in [5, 5.41) is 11.4. The van der Waals surface area contributed by atoms with Crippen molar-refractivity contribution >= 4 is 17.2 Å². The van der Waals surface area contributed by atoms with Crippen LogP contribution in [0.2, 0.25) is 0 Å². The third kappa shape index (κ3) is 2.72. The van der Waals surface area contributed by atoms with E-state index < -0.39 is 0 Å². The first kappa shape index (κ1) is 15.9. The van der Waals surface area contributed by atoms with Crippen molar-refractivity contribution in [2.45, 2.75) is 26.4 Å². The molecular weight excluding hydrogens is 341 g/mol. The van der Waals surface area contributed by atoms with E-state index in [1.807, 2.05) is 23.8 Å². The quantitative estimate of drug-likeness (QED) is 0.707. The van der Waals surface area contributed by atoms with Crippen molar-refractivity contribution < 1.29 is 9.18 Å². The Morgan fingerprint density at radius 1 is 1.24 bits per heavy atom. The van der Waals surface area contributed by atoms with Gasteiger partial charge in [-0.1, -0.05) is 0 Å². The number of aromatic nitrogens is 4. The summed E-state index contributed by atoms with van der Waals surface area (Å²) in [6.07, 6.45) is 0. The fraction of sp³-hybridized carbons (Fsp3) is 0.294. The van der Waals surface area contributed by atoms with Crippen molar-refractivity contribution in [3.8, 4) is 10.8 Å². The summed E-state index contributed by atoms with van der Waals surface area (Å²) >= 11 is 1.54. The second-order valence-electron chi connectivity index (χ2n) is 6.01. The summed E-state index contributed by atoms with van der Waals surface area (Å²) in [5.74, 6) is 0.998. The molecule has 1 aliphatic heterocycles. The van der Waals surface area contributed by atoms with Crippen LogP contribution in [0.15, 0.2) is 29.6 Å². The van der Waals surface area contributed by atoms with Gasteiger partial charge in [0.05, 0.1) is 6.04 Å². The average Bonchev–Trinajstić information content (AvgIpc) is 3.21. The van der Waals surface area contributed by atoms with Gasteiger partial charge in [0, 0.05) is 29.7 Å². The van der Waals surface area contributed by atoms with Gasteiger partial charge in [-0.25, -0.2) is 9.37 Å². The Labute approximate surface area is 148 Å². The predicted octanol–water partition coefficient (Wildman–Crippen LogP) is 3.07. The zero-order chi connectivity index (χ0) is 17.6. The smallest absolute Gasteiger partial charge is 0.254 e. The number of hydrogen-bond acceptors (Lipinski definition) is 5. The van der Waals surface area contributed by atoms with Crippen LogP contribution in [0.5, 0.6) is 0 Å². The molecule has 3 aromatic rings. The van der Waals surface area contributed by atoms with Crippen LogP contribution in [0, 0.1) is 12.7 Å². The Morgan fingerprint density at radius 3 is 2.68 bits per heavy atom. The molecule has 25 heavy (non-hydrogen) atoms. The highest BCUT2D eigenvalue weighted by atomic mass is 32.1. The van der Waals surface area contributed by atoms with Gasteiger partial charge in [-0.05, 0) is 38.1 Å². The molecule has 2 aromatic heterocycles. The number of carbonyl (C=O) groups excluding carboxylic acids is 1. The first-order valence-corrected chi connectivity index (χ1v) is 8.84. The summed E-state index contributed by atoms with van der Waals surface area (Å²) in [6, 6.07) is 5.40. The van der Waals surface area contributed by atoms with Crippen LogP contribution in [0.3, 0.4) is 0 Å². The lowest BCUT2D eigenvalue weighted by molar-refractivity contribution is 0.0638. The molecule has 1 amide bonds. The van der Waals surface area contributed by atoms with E-state index in [0.29, 0.717) is 18.7 Å². The number of benzene rings is 1. The number of amides is 1. The van der Waals surface area contributed by atoms with Crippen LogP contribution in [0.1, 0.15) is 34.8 Å². The van der Waals surface area contributed by atoms with Crippen LogP contribution in [0.25, 0.3) is 10.8 Å². The van der Waals surface area contributed by atoms with Crippen LogP contribution >= 0.6 is 11.3 Å². The van der Waals surface area contributed by atoms with Gasteiger partial charge in [0.2, 0.25) is 0 Å². The SMILES string of the molecule is Cc1csc(-c2nnc3n2CCN(C(=O)c2ccc(F)cc2)[C@@H]3C)n1. The average molecular weight is 357 g/mol. The van der Waals surface area contributed by atoms with Gasteiger partial charge in [-0.2, -0.15) is 0 Å². The molecule has 0 fully saturated rings. The first-order chi connectivity index (χ1) is 12.0. The van der Waals surface area contributed by atoms with Gasteiger partial charge >= 0.3 is 0 Å². The lowest BCUT2D eigenvalue weighted by atomic mass is 10.1. The molecular formula is C17H16FN5OS. The van der Waals surface area contributed by atoms with E-state index in [-0.39, 0.29) is 17.8 Å². The Hall–Kier alpha value is -2.61. The molecule has 0 radical (unpaired) electrons. The zero-order valence-electron chi connectivity index (χ0n) is 13.8. The Bertz CT molecular complexity index is 933. The normalized spacial score (nSPS) is 16.8. The molecule has 128 valence electrons. The Kier molecular flexibility index (Phi) is 3.84. The van der Waals surface area contributed by atoms with Gasteiger partial charge < -0.3 is 9.47 Å². The van der Waals surface area contributed by atoms with Gasteiger partial charge in [-0.15, -0.1) is 21.5 Å². The van der Waals surface area contributed by atoms with Gasteiger partial charge in [-0.3, -0.25) is 4.79 Å². The number of halogens is 1. The molecule has 3 heterocycles. The van der Waals surface area contributed by atoms with E-state index in [9.17, 15) is 9.18 Å². The third-order valence-electron chi connectivity index (χ3n) is 4.35. The molecule has 1 aliphatic rings.